The number of rotatable bonds is 3. The quantitative estimate of drug-likeness (QED) is 0.620. The molecule has 0 bridgehead atoms. The van der Waals surface area contributed by atoms with E-state index in [9.17, 15) is 0 Å². The third-order valence-corrected chi connectivity index (χ3v) is 2.38. The molecular formula is C11H11ClN2O. The molecule has 1 heterocycles. The number of hydrazine groups is 1. The summed E-state index contributed by atoms with van der Waals surface area (Å²) in [6.45, 7) is 0. The van der Waals surface area contributed by atoms with Gasteiger partial charge in [0.05, 0.1) is 0 Å². The van der Waals surface area contributed by atoms with E-state index in [2.05, 4.69) is 5.43 Å². The molecule has 0 saturated heterocycles. The van der Waals surface area contributed by atoms with E-state index in [0.29, 0.717) is 11.0 Å². The van der Waals surface area contributed by atoms with Gasteiger partial charge in [-0.1, -0.05) is 30.3 Å². The minimum absolute atomic E-state index is 0.168. The molecule has 0 aliphatic rings. The molecule has 3 nitrogen and oxygen atoms in total. The summed E-state index contributed by atoms with van der Waals surface area (Å²) in [5.41, 5.74) is 3.73. The maximum atomic E-state index is 5.71. The smallest absolute Gasteiger partial charge is 0.193 e. The zero-order chi connectivity index (χ0) is 10.7. The fourth-order valence-electron chi connectivity index (χ4n) is 1.47. The molecule has 0 fully saturated rings. The summed E-state index contributed by atoms with van der Waals surface area (Å²) in [6.07, 6.45) is 0. The zero-order valence-corrected chi connectivity index (χ0v) is 8.74. The molecule has 0 amide bonds. The molecule has 0 radical (unpaired) electrons. The van der Waals surface area contributed by atoms with Crippen LogP contribution in [-0.4, -0.2) is 0 Å². The standard InChI is InChI=1S/C11H11ClN2O/c12-10-7-6-9(15-10)11(14-13)8-4-2-1-3-5-8/h1-7,11,14H,13H2. The second-order valence-electron chi connectivity index (χ2n) is 3.15. The van der Waals surface area contributed by atoms with Gasteiger partial charge in [0, 0.05) is 0 Å². The Bertz CT molecular complexity index is 427. The maximum Gasteiger partial charge on any atom is 0.193 e. The first kappa shape index (κ1) is 10.2. The Balaban J connectivity index is 2.33. The Hall–Kier alpha value is -1.29. The summed E-state index contributed by atoms with van der Waals surface area (Å²) in [6, 6.07) is 13.1. The van der Waals surface area contributed by atoms with E-state index < -0.39 is 0 Å². The SMILES string of the molecule is NNC(c1ccccc1)c1ccc(Cl)o1. The highest BCUT2D eigenvalue weighted by Crippen LogP contribution is 2.24. The first-order valence-corrected chi connectivity index (χ1v) is 4.95. The lowest BCUT2D eigenvalue weighted by atomic mass is 10.1. The molecule has 0 saturated carbocycles. The third kappa shape index (κ3) is 2.21. The van der Waals surface area contributed by atoms with Crippen LogP contribution in [0, 0.1) is 0 Å². The van der Waals surface area contributed by atoms with Gasteiger partial charge in [-0.25, -0.2) is 5.43 Å². The molecule has 1 aromatic heterocycles. The van der Waals surface area contributed by atoms with Crippen molar-refractivity contribution in [3.8, 4) is 0 Å². The number of hydrogen-bond acceptors (Lipinski definition) is 3. The van der Waals surface area contributed by atoms with Crippen molar-refractivity contribution in [3.63, 3.8) is 0 Å². The fraction of sp³-hybridized carbons (Fsp3) is 0.0909. The summed E-state index contributed by atoms with van der Waals surface area (Å²) in [4.78, 5) is 0. The number of halogens is 1. The average molecular weight is 223 g/mol. The van der Waals surface area contributed by atoms with Crippen molar-refractivity contribution in [3.05, 3.63) is 59.0 Å². The third-order valence-electron chi connectivity index (χ3n) is 2.18. The van der Waals surface area contributed by atoms with E-state index in [1.807, 2.05) is 30.3 Å². The number of nitrogens with two attached hydrogens (primary N) is 1. The van der Waals surface area contributed by atoms with Gasteiger partial charge in [-0.05, 0) is 29.3 Å². The van der Waals surface area contributed by atoms with Crippen molar-refractivity contribution in [1.82, 2.24) is 5.43 Å². The van der Waals surface area contributed by atoms with Crippen molar-refractivity contribution in [2.24, 2.45) is 5.84 Å². The zero-order valence-electron chi connectivity index (χ0n) is 7.98. The van der Waals surface area contributed by atoms with Gasteiger partial charge < -0.3 is 4.42 Å². The van der Waals surface area contributed by atoms with Crippen LogP contribution in [0.25, 0.3) is 0 Å². The Kier molecular flexibility index (Phi) is 3.06. The van der Waals surface area contributed by atoms with Crippen molar-refractivity contribution >= 4 is 11.6 Å². The van der Waals surface area contributed by atoms with Gasteiger partial charge in [-0.2, -0.15) is 0 Å². The molecule has 1 aromatic carbocycles. The molecule has 2 rings (SSSR count). The molecule has 1 unspecified atom stereocenters. The van der Waals surface area contributed by atoms with Gasteiger partial charge >= 0.3 is 0 Å². The van der Waals surface area contributed by atoms with Crippen LogP contribution in [0.1, 0.15) is 17.4 Å². The average Bonchev–Trinajstić information content (AvgIpc) is 2.68. The topological polar surface area (TPSA) is 51.2 Å². The van der Waals surface area contributed by atoms with Crippen molar-refractivity contribution < 1.29 is 4.42 Å². The largest absolute Gasteiger partial charge is 0.448 e. The van der Waals surface area contributed by atoms with Gasteiger partial charge in [-0.3, -0.25) is 5.84 Å². The highest BCUT2D eigenvalue weighted by molar-refractivity contribution is 6.28. The minimum atomic E-state index is -0.168. The summed E-state index contributed by atoms with van der Waals surface area (Å²) in [5.74, 6) is 6.20. The number of hydrogen-bond donors (Lipinski definition) is 2. The highest BCUT2D eigenvalue weighted by Gasteiger charge is 2.15. The van der Waals surface area contributed by atoms with Gasteiger partial charge in [0.25, 0.3) is 0 Å². The monoisotopic (exact) mass is 222 g/mol. The van der Waals surface area contributed by atoms with Crippen molar-refractivity contribution in [2.75, 3.05) is 0 Å². The lowest BCUT2D eigenvalue weighted by Gasteiger charge is -2.13. The molecule has 15 heavy (non-hydrogen) atoms. The first-order valence-electron chi connectivity index (χ1n) is 4.57. The van der Waals surface area contributed by atoms with E-state index in [4.69, 9.17) is 21.9 Å². The van der Waals surface area contributed by atoms with E-state index >= 15 is 0 Å². The Morgan fingerprint density at radius 3 is 2.40 bits per heavy atom. The van der Waals surface area contributed by atoms with Crippen LogP contribution in [0.3, 0.4) is 0 Å². The number of furan rings is 1. The molecule has 3 N–H and O–H groups in total. The fourth-order valence-corrected chi connectivity index (χ4v) is 1.62. The summed E-state index contributed by atoms with van der Waals surface area (Å²) >= 11 is 5.71. The Labute approximate surface area is 92.8 Å². The molecule has 0 spiro atoms. The van der Waals surface area contributed by atoms with Crippen LogP contribution < -0.4 is 11.3 Å². The molecule has 2 aromatic rings. The van der Waals surface area contributed by atoms with Crippen LogP contribution in [0.4, 0.5) is 0 Å². The molecule has 4 heteroatoms. The summed E-state index contributed by atoms with van der Waals surface area (Å²) in [7, 11) is 0. The molecule has 78 valence electrons. The minimum Gasteiger partial charge on any atom is -0.448 e. The van der Waals surface area contributed by atoms with E-state index in [1.54, 1.807) is 12.1 Å². The van der Waals surface area contributed by atoms with Crippen molar-refractivity contribution in [1.29, 1.82) is 0 Å². The summed E-state index contributed by atoms with van der Waals surface area (Å²) < 4.78 is 5.31. The van der Waals surface area contributed by atoms with Gasteiger partial charge in [0.15, 0.2) is 5.22 Å². The first-order chi connectivity index (χ1) is 7.31. The van der Waals surface area contributed by atoms with Gasteiger partial charge in [-0.15, -0.1) is 0 Å². The maximum absolute atomic E-state index is 5.71. The second-order valence-corrected chi connectivity index (χ2v) is 3.52. The molecule has 0 aliphatic heterocycles. The Morgan fingerprint density at radius 2 is 1.87 bits per heavy atom. The van der Waals surface area contributed by atoms with Crippen LogP contribution in [0.15, 0.2) is 46.9 Å². The highest BCUT2D eigenvalue weighted by atomic mass is 35.5. The van der Waals surface area contributed by atoms with E-state index in [1.165, 1.54) is 0 Å². The van der Waals surface area contributed by atoms with Crippen molar-refractivity contribution in [2.45, 2.75) is 6.04 Å². The van der Waals surface area contributed by atoms with Crippen LogP contribution in [0.5, 0.6) is 0 Å². The molecular weight excluding hydrogens is 212 g/mol. The second kappa shape index (κ2) is 4.49. The normalized spacial score (nSPS) is 12.7. The van der Waals surface area contributed by atoms with Gasteiger partial charge in [0.1, 0.15) is 11.8 Å². The molecule has 1 atom stereocenters. The van der Waals surface area contributed by atoms with Crippen LogP contribution >= 0.6 is 11.6 Å². The van der Waals surface area contributed by atoms with Gasteiger partial charge in [0.2, 0.25) is 0 Å². The number of benzene rings is 1. The lowest BCUT2D eigenvalue weighted by molar-refractivity contribution is 0.453. The van der Waals surface area contributed by atoms with Crippen LogP contribution in [0.2, 0.25) is 5.22 Å². The van der Waals surface area contributed by atoms with E-state index in [-0.39, 0.29) is 6.04 Å². The Morgan fingerprint density at radius 1 is 1.13 bits per heavy atom. The van der Waals surface area contributed by atoms with Crippen LogP contribution in [-0.2, 0) is 0 Å². The predicted molar refractivity (Wildman–Crippen MR) is 59.3 cm³/mol. The number of nitrogens with one attached hydrogen (secondary N) is 1. The van der Waals surface area contributed by atoms with E-state index in [0.717, 1.165) is 5.56 Å². The lowest BCUT2D eigenvalue weighted by Crippen LogP contribution is -2.28. The molecule has 0 aliphatic carbocycles. The predicted octanol–water partition coefficient (Wildman–Crippen LogP) is 2.49. The summed E-state index contributed by atoms with van der Waals surface area (Å²) in [5, 5.41) is 0.362.